The van der Waals surface area contributed by atoms with Crippen molar-refractivity contribution in [3.8, 4) is 5.69 Å². The molecule has 1 aromatic heterocycles. The van der Waals surface area contributed by atoms with Gasteiger partial charge in [-0.3, -0.25) is 0 Å². The Morgan fingerprint density at radius 1 is 1.24 bits per heavy atom. The summed E-state index contributed by atoms with van der Waals surface area (Å²) >= 11 is 0. The molecule has 1 N–H and O–H groups in total. The maximum absolute atomic E-state index is 4.20. The van der Waals surface area contributed by atoms with Crippen LogP contribution in [0.3, 0.4) is 0 Å². The van der Waals surface area contributed by atoms with E-state index in [4.69, 9.17) is 0 Å². The van der Waals surface area contributed by atoms with E-state index in [1.807, 2.05) is 16.9 Å². The average Bonchev–Trinajstić information content (AvgIpc) is 2.89. The van der Waals surface area contributed by atoms with Crippen molar-refractivity contribution in [1.82, 2.24) is 15.1 Å². The molecule has 2 aromatic rings. The van der Waals surface area contributed by atoms with Crippen LogP contribution < -0.4 is 5.32 Å². The molecular weight excluding hydrogens is 210 g/mol. The zero-order valence-corrected chi connectivity index (χ0v) is 10.3. The third-order valence-corrected chi connectivity index (χ3v) is 2.74. The monoisotopic (exact) mass is 229 g/mol. The number of unbranched alkanes of at least 4 members (excludes halogenated alkanes) is 1. The van der Waals surface area contributed by atoms with Crippen molar-refractivity contribution in [3.05, 3.63) is 48.3 Å². The molecule has 0 aliphatic heterocycles. The first kappa shape index (κ1) is 11.9. The fraction of sp³-hybridized carbons (Fsp3) is 0.357. The van der Waals surface area contributed by atoms with Gasteiger partial charge in [0, 0.05) is 18.9 Å². The number of nitrogens with zero attached hydrogens (tertiary/aromatic N) is 2. The maximum atomic E-state index is 4.20. The lowest BCUT2D eigenvalue weighted by Gasteiger charge is -2.05. The van der Waals surface area contributed by atoms with Crippen LogP contribution in [-0.2, 0) is 6.54 Å². The van der Waals surface area contributed by atoms with Crippen molar-refractivity contribution >= 4 is 0 Å². The molecule has 0 aliphatic carbocycles. The molecule has 0 saturated carbocycles. The molecule has 3 nitrogen and oxygen atoms in total. The summed E-state index contributed by atoms with van der Waals surface area (Å²) in [6.07, 6.45) is 6.23. The van der Waals surface area contributed by atoms with Crippen LogP contribution in [0, 0.1) is 0 Å². The summed E-state index contributed by atoms with van der Waals surface area (Å²) in [5.41, 5.74) is 2.42. The highest BCUT2D eigenvalue weighted by atomic mass is 15.3. The topological polar surface area (TPSA) is 29.9 Å². The zero-order valence-electron chi connectivity index (χ0n) is 10.3. The van der Waals surface area contributed by atoms with Gasteiger partial charge in [0.25, 0.3) is 0 Å². The number of nitrogens with one attached hydrogen (secondary N) is 1. The van der Waals surface area contributed by atoms with Gasteiger partial charge < -0.3 is 5.32 Å². The molecule has 0 amide bonds. The predicted octanol–water partition coefficient (Wildman–Crippen LogP) is 2.76. The summed E-state index contributed by atoms with van der Waals surface area (Å²) in [4.78, 5) is 0. The smallest absolute Gasteiger partial charge is 0.0645 e. The van der Waals surface area contributed by atoms with E-state index in [2.05, 4.69) is 41.6 Å². The van der Waals surface area contributed by atoms with Crippen LogP contribution in [0.5, 0.6) is 0 Å². The van der Waals surface area contributed by atoms with E-state index in [1.165, 1.54) is 18.4 Å². The minimum Gasteiger partial charge on any atom is -0.313 e. The fourth-order valence-electron chi connectivity index (χ4n) is 1.72. The van der Waals surface area contributed by atoms with Crippen molar-refractivity contribution in [2.45, 2.75) is 26.3 Å². The fourth-order valence-corrected chi connectivity index (χ4v) is 1.72. The van der Waals surface area contributed by atoms with Gasteiger partial charge in [-0.1, -0.05) is 25.5 Å². The Balaban J connectivity index is 1.90. The normalized spacial score (nSPS) is 10.6. The quantitative estimate of drug-likeness (QED) is 0.772. The molecule has 0 aliphatic rings. The summed E-state index contributed by atoms with van der Waals surface area (Å²) < 4.78 is 1.87. The first-order valence-corrected chi connectivity index (χ1v) is 6.20. The van der Waals surface area contributed by atoms with Crippen molar-refractivity contribution < 1.29 is 0 Å². The Kier molecular flexibility index (Phi) is 4.33. The van der Waals surface area contributed by atoms with Crippen molar-refractivity contribution in [2.75, 3.05) is 6.54 Å². The predicted molar refractivity (Wildman–Crippen MR) is 70.2 cm³/mol. The lowest BCUT2D eigenvalue weighted by atomic mass is 10.2. The standard InChI is InChI=1S/C14H19N3/c1-2-3-9-15-12-13-5-7-14(8-6-13)17-11-4-10-16-17/h4-8,10-11,15H,2-3,9,12H2,1H3. The molecule has 90 valence electrons. The third kappa shape index (κ3) is 3.43. The Hall–Kier alpha value is -1.61. The number of aromatic nitrogens is 2. The summed E-state index contributed by atoms with van der Waals surface area (Å²) in [5.74, 6) is 0. The Morgan fingerprint density at radius 2 is 2.06 bits per heavy atom. The number of rotatable bonds is 6. The van der Waals surface area contributed by atoms with Crippen LogP contribution in [0.1, 0.15) is 25.3 Å². The van der Waals surface area contributed by atoms with Gasteiger partial charge in [-0.25, -0.2) is 4.68 Å². The third-order valence-electron chi connectivity index (χ3n) is 2.74. The Morgan fingerprint density at radius 3 is 2.71 bits per heavy atom. The highest BCUT2D eigenvalue weighted by molar-refractivity contribution is 5.33. The molecule has 0 saturated heterocycles. The van der Waals surface area contributed by atoms with Gasteiger partial charge in [0.2, 0.25) is 0 Å². The van der Waals surface area contributed by atoms with E-state index in [0.717, 1.165) is 18.8 Å². The summed E-state index contributed by atoms with van der Waals surface area (Å²) in [5, 5.41) is 7.64. The minimum atomic E-state index is 0.944. The van der Waals surface area contributed by atoms with Gasteiger partial charge in [-0.2, -0.15) is 5.10 Å². The number of hydrogen-bond donors (Lipinski definition) is 1. The first-order chi connectivity index (χ1) is 8.40. The molecule has 17 heavy (non-hydrogen) atoms. The van der Waals surface area contributed by atoms with E-state index < -0.39 is 0 Å². The molecule has 0 fully saturated rings. The first-order valence-electron chi connectivity index (χ1n) is 6.20. The molecule has 0 unspecified atom stereocenters. The summed E-state index contributed by atoms with van der Waals surface area (Å²) in [6.45, 7) is 4.25. The van der Waals surface area contributed by atoms with Gasteiger partial charge in [0.05, 0.1) is 5.69 Å². The van der Waals surface area contributed by atoms with E-state index in [9.17, 15) is 0 Å². The molecule has 0 bridgehead atoms. The Bertz CT molecular complexity index is 417. The molecule has 1 aromatic carbocycles. The maximum Gasteiger partial charge on any atom is 0.0645 e. The molecule has 0 spiro atoms. The lowest BCUT2D eigenvalue weighted by Crippen LogP contribution is -2.14. The van der Waals surface area contributed by atoms with Crippen LogP contribution in [-0.4, -0.2) is 16.3 Å². The SMILES string of the molecule is CCCCNCc1ccc(-n2cccn2)cc1. The minimum absolute atomic E-state index is 0.944. The van der Waals surface area contributed by atoms with Crippen LogP contribution in [0.25, 0.3) is 5.69 Å². The molecule has 2 rings (SSSR count). The second-order valence-corrected chi connectivity index (χ2v) is 4.15. The van der Waals surface area contributed by atoms with Gasteiger partial charge >= 0.3 is 0 Å². The number of hydrogen-bond acceptors (Lipinski definition) is 2. The molecule has 0 atom stereocenters. The van der Waals surface area contributed by atoms with Crippen molar-refractivity contribution in [2.24, 2.45) is 0 Å². The van der Waals surface area contributed by atoms with Crippen LogP contribution in [0.15, 0.2) is 42.7 Å². The van der Waals surface area contributed by atoms with E-state index in [-0.39, 0.29) is 0 Å². The van der Waals surface area contributed by atoms with Gasteiger partial charge in [0.1, 0.15) is 0 Å². The van der Waals surface area contributed by atoms with E-state index in [1.54, 1.807) is 6.20 Å². The largest absolute Gasteiger partial charge is 0.313 e. The molecule has 1 heterocycles. The van der Waals surface area contributed by atoms with Crippen LogP contribution in [0.4, 0.5) is 0 Å². The average molecular weight is 229 g/mol. The van der Waals surface area contributed by atoms with Crippen molar-refractivity contribution in [1.29, 1.82) is 0 Å². The highest BCUT2D eigenvalue weighted by Gasteiger charge is 1.96. The summed E-state index contributed by atoms with van der Waals surface area (Å²) in [6, 6.07) is 10.4. The van der Waals surface area contributed by atoms with Gasteiger partial charge in [-0.15, -0.1) is 0 Å². The zero-order chi connectivity index (χ0) is 11.9. The number of benzene rings is 1. The molecule has 0 radical (unpaired) electrons. The second kappa shape index (κ2) is 6.21. The van der Waals surface area contributed by atoms with E-state index >= 15 is 0 Å². The summed E-state index contributed by atoms with van der Waals surface area (Å²) in [7, 11) is 0. The Labute approximate surface area is 102 Å². The van der Waals surface area contributed by atoms with Crippen molar-refractivity contribution in [3.63, 3.8) is 0 Å². The lowest BCUT2D eigenvalue weighted by molar-refractivity contribution is 0.641. The van der Waals surface area contributed by atoms with Crippen LogP contribution in [0.2, 0.25) is 0 Å². The van der Waals surface area contributed by atoms with Gasteiger partial charge in [0.15, 0.2) is 0 Å². The highest BCUT2D eigenvalue weighted by Crippen LogP contribution is 2.08. The van der Waals surface area contributed by atoms with Gasteiger partial charge in [-0.05, 0) is 36.7 Å². The van der Waals surface area contributed by atoms with E-state index in [0.29, 0.717) is 0 Å². The molecular formula is C14H19N3. The molecule has 3 heteroatoms. The van der Waals surface area contributed by atoms with Crippen LogP contribution >= 0.6 is 0 Å². The second-order valence-electron chi connectivity index (χ2n) is 4.15.